The molecule has 156 valence electrons. The Morgan fingerprint density at radius 3 is 2.43 bits per heavy atom. The molecule has 0 saturated carbocycles. The van der Waals surface area contributed by atoms with Gasteiger partial charge in [-0.25, -0.2) is 4.68 Å². The molecule has 0 fully saturated rings. The van der Waals surface area contributed by atoms with Gasteiger partial charge in [-0.15, -0.1) is 0 Å². The van der Waals surface area contributed by atoms with Gasteiger partial charge < -0.3 is 10.1 Å². The van der Waals surface area contributed by atoms with Crippen molar-refractivity contribution in [2.24, 2.45) is 0 Å². The van der Waals surface area contributed by atoms with Crippen LogP contribution in [0.3, 0.4) is 0 Å². The summed E-state index contributed by atoms with van der Waals surface area (Å²) in [5.74, 6) is -0.819. The van der Waals surface area contributed by atoms with Gasteiger partial charge in [-0.05, 0) is 58.4 Å². The van der Waals surface area contributed by atoms with Crippen LogP contribution in [0.5, 0.6) is 0 Å². The quantitative estimate of drug-likeness (QED) is 0.623. The van der Waals surface area contributed by atoms with Gasteiger partial charge in [0.2, 0.25) is 0 Å². The molecule has 2 aromatic carbocycles. The molecule has 0 unspecified atom stereocenters. The molecule has 1 N–H and O–H groups in total. The van der Waals surface area contributed by atoms with Crippen molar-refractivity contribution in [3.8, 4) is 5.69 Å². The number of ether oxygens (including phenoxy) is 1. The van der Waals surface area contributed by atoms with E-state index in [0.29, 0.717) is 5.69 Å². The lowest BCUT2D eigenvalue weighted by molar-refractivity contribution is -0.152. The number of rotatable bonds is 6. The molecule has 0 aliphatic rings. The number of carbonyl (C=O) groups is 2. The first kappa shape index (κ1) is 21.3. The van der Waals surface area contributed by atoms with Crippen LogP contribution in [-0.2, 0) is 20.7 Å². The summed E-state index contributed by atoms with van der Waals surface area (Å²) in [7, 11) is 0. The van der Waals surface area contributed by atoms with E-state index in [9.17, 15) is 9.59 Å². The summed E-state index contributed by atoms with van der Waals surface area (Å²) >= 11 is 0. The molecule has 6 nitrogen and oxygen atoms in total. The zero-order chi connectivity index (χ0) is 21.8. The van der Waals surface area contributed by atoms with Crippen LogP contribution in [-0.4, -0.2) is 27.8 Å². The van der Waals surface area contributed by atoms with E-state index in [2.05, 4.69) is 10.4 Å². The van der Waals surface area contributed by atoms with E-state index >= 15 is 0 Å². The van der Waals surface area contributed by atoms with E-state index in [1.54, 1.807) is 6.92 Å². The highest BCUT2D eigenvalue weighted by atomic mass is 16.5. The van der Waals surface area contributed by atoms with Crippen molar-refractivity contribution in [3.63, 3.8) is 0 Å². The molecule has 1 heterocycles. The molecule has 0 aliphatic heterocycles. The summed E-state index contributed by atoms with van der Waals surface area (Å²) in [6, 6.07) is 15.5. The first-order valence-corrected chi connectivity index (χ1v) is 9.94. The van der Waals surface area contributed by atoms with Gasteiger partial charge in [-0.1, -0.05) is 35.9 Å². The van der Waals surface area contributed by atoms with Gasteiger partial charge in [-0.2, -0.15) is 5.10 Å². The fourth-order valence-electron chi connectivity index (χ4n) is 3.38. The van der Waals surface area contributed by atoms with Crippen LogP contribution in [0.4, 0.5) is 5.69 Å². The Balaban J connectivity index is 1.65. The Morgan fingerprint density at radius 1 is 1.07 bits per heavy atom. The number of anilines is 1. The molecular formula is C24H27N3O3. The molecule has 0 bridgehead atoms. The Morgan fingerprint density at radius 2 is 1.77 bits per heavy atom. The number of para-hydroxylation sites is 1. The van der Waals surface area contributed by atoms with Crippen molar-refractivity contribution in [2.75, 3.05) is 5.32 Å². The number of hydrogen-bond acceptors (Lipinski definition) is 4. The first-order chi connectivity index (χ1) is 14.3. The highest BCUT2D eigenvalue weighted by molar-refractivity contribution is 5.95. The summed E-state index contributed by atoms with van der Waals surface area (Å²) in [5, 5.41) is 7.37. The van der Waals surface area contributed by atoms with Gasteiger partial charge in [-0.3, -0.25) is 9.59 Å². The fourth-order valence-corrected chi connectivity index (χ4v) is 3.38. The fraction of sp³-hybridized carbons (Fsp3) is 0.292. The van der Waals surface area contributed by atoms with E-state index in [0.717, 1.165) is 33.8 Å². The third-order valence-corrected chi connectivity index (χ3v) is 5.08. The Hall–Kier alpha value is -3.41. The lowest BCUT2D eigenvalue weighted by atomic mass is 10.1. The minimum Gasteiger partial charge on any atom is -0.452 e. The number of esters is 1. The van der Waals surface area contributed by atoms with Gasteiger partial charge >= 0.3 is 5.97 Å². The molecule has 30 heavy (non-hydrogen) atoms. The maximum atomic E-state index is 12.5. The maximum absolute atomic E-state index is 12.5. The van der Waals surface area contributed by atoms with Gasteiger partial charge in [0.1, 0.15) is 0 Å². The number of hydrogen-bond donors (Lipinski definition) is 1. The summed E-state index contributed by atoms with van der Waals surface area (Å²) < 4.78 is 7.20. The van der Waals surface area contributed by atoms with Gasteiger partial charge in [0.15, 0.2) is 6.10 Å². The van der Waals surface area contributed by atoms with E-state index < -0.39 is 12.1 Å². The van der Waals surface area contributed by atoms with Crippen molar-refractivity contribution in [2.45, 2.75) is 47.1 Å². The van der Waals surface area contributed by atoms with Crippen molar-refractivity contribution in [3.05, 3.63) is 76.6 Å². The molecule has 6 heteroatoms. The molecular weight excluding hydrogens is 378 g/mol. The third-order valence-electron chi connectivity index (χ3n) is 5.08. The lowest BCUT2D eigenvalue weighted by Crippen LogP contribution is -2.30. The lowest BCUT2D eigenvalue weighted by Gasteiger charge is -2.15. The number of nitrogens with one attached hydrogen (secondary N) is 1. The van der Waals surface area contributed by atoms with Crippen LogP contribution in [0.2, 0.25) is 0 Å². The van der Waals surface area contributed by atoms with E-state index in [1.165, 1.54) is 0 Å². The van der Waals surface area contributed by atoms with E-state index in [1.807, 2.05) is 80.9 Å². The minimum atomic E-state index is -0.900. The zero-order valence-corrected chi connectivity index (χ0v) is 18.0. The normalized spacial score (nSPS) is 11.8. The number of amides is 1. The molecule has 3 aromatic rings. The topological polar surface area (TPSA) is 73.2 Å². The van der Waals surface area contributed by atoms with E-state index in [-0.39, 0.29) is 12.3 Å². The SMILES string of the molecule is Cc1ccc(NC(=O)[C@@H](C)OC(=O)Cc2c(C)nn(-c3ccccc3)c2C)c(C)c1. The monoisotopic (exact) mass is 405 g/mol. The van der Waals surface area contributed by atoms with Gasteiger partial charge in [0.25, 0.3) is 5.91 Å². The summed E-state index contributed by atoms with van der Waals surface area (Å²) in [6.07, 6.45) is -0.839. The third kappa shape index (κ3) is 4.76. The van der Waals surface area contributed by atoms with Crippen LogP contribution >= 0.6 is 0 Å². The number of carbonyl (C=O) groups excluding carboxylic acids is 2. The summed E-state index contributed by atoms with van der Waals surface area (Å²) in [5.41, 5.74) is 6.17. The highest BCUT2D eigenvalue weighted by Crippen LogP contribution is 2.20. The Kier molecular flexibility index (Phi) is 6.35. The average molecular weight is 405 g/mol. The van der Waals surface area contributed by atoms with Crippen LogP contribution < -0.4 is 5.32 Å². The summed E-state index contributed by atoms with van der Waals surface area (Å²) in [6.45, 7) is 9.28. The highest BCUT2D eigenvalue weighted by Gasteiger charge is 2.21. The van der Waals surface area contributed by atoms with Crippen LogP contribution in [0, 0.1) is 27.7 Å². The van der Waals surface area contributed by atoms with Crippen molar-refractivity contribution >= 4 is 17.6 Å². The van der Waals surface area contributed by atoms with Crippen LogP contribution in [0.25, 0.3) is 5.69 Å². The number of aryl methyl sites for hydroxylation is 3. The second kappa shape index (κ2) is 8.95. The molecule has 0 aliphatic carbocycles. The number of benzene rings is 2. The summed E-state index contributed by atoms with van der Waals surface area (Å²) in [4.78, 5) is 25.0. The predicted molar refractivity (Wildman–Crippen MR) is 117 cm³/mol. The predicted octanol–water partition coefficient (Wildman–Crippen LogP) is 4.22. The van der Waals surface area contributed by atoms with Gasteiger partial charge in [0.05, 0.1) is 17.8 Å². The molecule has 3 rings (SSSR count). The van der Waals surface area contributed by atoms with Crippen molar-refractivity contribution < 1.29 is 14.3 Å². The molecule has 0 saturated heterocycles. The first-order valence-electron chi connectivity index (χ1n) is 9.94. The average Bonchev–Trinajstić information content (AvgIpc) is 2.98. The molecule has 1 amide bonds. The molecule has 1 atom stereocenters. The minimum absolute atomic E-state index is 0.0612. The number of nitrogens with zero attached hydrogens (tertiary/aromatic N) is 2. The molecule has 0 spiro atoms. The number of aromatic nitrogens is 2. The second-order valence-electron chi connectivity index (χ2n) is 7.51. The largest absolute Gasteiger partial charge is 0.452 e. The molecule has 0 radical (unpaired) electrons. The van der Waals surface area contributed by atoms with Crippen LogP contribution in [0.15, 0.2) is 48.5 Å². The van der Waals surface area contributed by atoms with Crippen LogP contribution in [0.1, 0.15) is 35.0 Å². The van der Waals surface area contributed by atoms with Crippen molar-refractivity contribution in [1.82, 2.24) is 9.78 Å². The smallest absolute Gasteiger partial charge is 0.311 e. The molecule has 1 aromatic heterocycles. The van der Waals surface area contributed by atoms with Gasteiger partial charge in [0, 0.05) is 16.9 Å². The standard InChI is InChI=1S/C24H27N3O3/c1-15-11-12-22(16(2)13-15)25-24(29)19(5)30-23(28)14-21-17(3)26-27(18(21)4)20-9-7-6-8-10-20/h6-13,19H,14H2,1-5H3,(H,25,29)/t19-/m1/s1. The Bertz CT molecular complexity index is 1070. The maximum Gasteiger partial charge on any atom is 0.311 e. The second-order valence-corrected chi connectivity index (χ2v) is 7.51. The van der Waals surface area contributed by atoms with E-state index in [4.69, 9.17) is 4.74 Å². The zero-order valence-electron chi connectivity index (χ0n) is 18.0. The Labute approximate surface area is 176 Å². The van der Waals surface area contributed by atoms with Crippen molar-refractivity contribution in [1.29, 1.82) is 0 Å².